The third-order valence-corrected chi connectivity index (χ3v) is 5.80. The zero-order valence-electron chi connectivity index (χ0n) is 21.2. The van der Waals surface area contributed by atoms with Crippen LogP contribution in [0.1, 0.15) is 43.9 Å². The van der Waals surface area contributed by atoms with Crippen LogP contribution in [0.15, 0.2) is 28.8 Å². The summed E-state index contributed by atoms with van der Waals surface area (Å²) in [7, 11) is 0. The van der Waals surface area contributed by atoms with Crippen molar-refractivity contribution in [3.63, 3.8) is 0 Å². The van der Waals surface area contributed by atoms with Crippen LogP contribution in [0.4, 0.5) is 5.82 Å². The fourth-order valence-corrected chi connectivity index (χ4v) is 3.96. The number of carbonyl (C=O) groups excluding carboxylic acids is 1. The predicted octanol–water partition coefficient (Wildman–Crippen LogP) is 3.70. The maximum absolute atomic E-state index is 11.1. The molecule has 0 aliphatic carbocycles. The molecule has 1 aromatic carbocycles. The minimum absolute atomic E-state index is 0.385. The first kappa shape index (κ1) is 26.2. The van der Waals surface area contributed by atoms with E-state index in [2.05, 4.69) is 46.2 Å². The number of hydrogen-bond donors (Lipinski definition) is 2. The number of nitrogens with one attached hydrogen (secondary N) is 1. The van der Waals surface area contributed by atoms with Crippen molar-refractivity contribution in [3.8, 4) is 28.7 Å². The van der Waals surface area contributed by atoms with Gasteiger partial charge in [0.15, 0.2) is 0 Å². The molecule has 3 aromatic rings. The smallest absolute Gasteiger partial charge is 0.249 e. The second-order valence-corrected chi connectivity index (χ2v) is 8.29. The van der Waals surface area contributed by atoms with Crippen molar-refractivity contribution in [1.82, 2.24) is 20.5 Å². The van der Waals surface area contributed by atoms with E-state index in [0.717, 1.165) is 58.9 Å². The molecule has 2 N–H and O–H groups in total. The summed E-state index contributed by atoms with van der Waals surface area (Å²) >= 11 is 0. The molecule has 35 heavy (non-hydrogen) atoms. The third kappa shape index (κ3) is 6.36. The molecule has 3 rings (SSSR count). The average molecular weight is 482 g/mol. The van der Waals surface area contributed by atoms with Crippen LogP contribution in [0, 0.1) is 13.8 Å². The van der Waals surface area contributed by atoms with Gasteiger partial charge in [-0.3, -0.25) is 4.79 Å². The van der Waals surface area contributed by atoms with Gasteiger partial charge < -0.3 is 24.5 Å². The van der Waals surface area contributed by atoms with Gasteiger partial charge in [0, 0.05) is 31.4 Å². The molecule has 1 amide bonds. The first-order valence-electron chi connectivity index (χ1n) is 12.1. The SMILES string of the molecule is CCc1cc(-c2nnc(-c3cnc(N(CC)CC)c(C)c3)o2)cc(C)c1OCCCNC(=O)CO. The van der Waals surface area contributed by atoms with Gasteiger partial charge in [-0.1, -0.05) is 6.92 Å². The van der Waals surface area contributed by atoms with E-state index in [1.54, 1.807) is 6.20 Å². The second kappa shape index (κ2) is 12.3. The van der Waals surface area contributed by atoms with Crippen molar-refractivity contribution in [1.29, 1.82) is 0 Å². The van der Waals surface area contributed by atoms with Crippen molar-refractivity contribution < 1.29 is 19.1 Å². The Morgan fingerprint density at radius 1 is 1.06 bits per heavy atom. The van der Waals surface area contributed by atoms with Crippen LogP contribution in [-0.4, -0.2) is 59.0 Å². The maximum atomic E-state index is 11.1. The summed E-state index contributed by atoms with van der Waals surface area (Å²) in [5.74, 6) is 2.29. The first-order valence-corrected chi connectivity index (χ1v) is 12.1. The number of aryl methyl sites for hydroxylation is 3. The van der Waals surface area contributed by atoms with Gasteiger partial charge in [-0.05, 0) is 75.4 Å². The standard InChI is InChI=1S/C26H35N5O4/c1-6-19-14-20(12-17(4)23(19)34-11-9-10-27-22(33)16-32)25-29-30-26(35-25)21-13-18(5)24(28-15-21)31(7-2)8-3/h12-15,32H,6-11,16H2,1-5H3,(H,27,33). The molecule has 0 aliphatic heterocycles. The average Bonchev–Trinajstić information content (AvgIpc) is 3.36. The number of amides is 1. The Balaban J connectivity index is 1.75. The van der Waals surface area contributed by atoms with Crippen LogP contribution in [0.3, 0.4) is 0 Å². The minimum Gasteiger partial charge on any atom is -0.493 e. The van der Waals surface area contributed by atoms with E-state index in [1.807, 2.05) is 32.0 Å². The van der Waals surface area contributed by atoms with Crippen LogP contribution < -0.4 is 15.0 Å². The topological polar surface area (TPSA) is 114 Å². The Hall–Kier alpha value is -3.46. The number of anilines is 1. The number of hydrogen-bond acceptors (Lipinski definition) is 8. The Labute approximate surface area is 206 Å². The Bertz CT molecular complexity index is 1140. The number of aromatic nitrogens is 3. The fraction of sp³-hybridized carbons (Fsp3) is 0.462. The van der Waals surface area contributed by atoms with E-state index >= 15 is 0 Å². The molecule has 0 bridgehead atoms. The van der Waals surface area contributed by atoms with E-state index in [4.69, 9.17) is 14.3 Å². The molecule has 0 saturated carbocycles. The van der Waals surface area contributed by atoms with Gasteiger partial charge in [-0.2, -0.15) is 0 Å². The molecule has 0 saturated heterocycles. The third-order valence-electron chi connectivity index (χ3n) is 5.80. The predicted molar refractivity (Wildman–Crippen MR) is 136 cm³/mol. The molecule has 9 nitrogen and oxygen atoms in total. The highest BCUT2D eigenvalue weighted by Gasteiger charge is 2.17. The highest BCUT2D eigenvalue weighted by molar-refractivity contribution is 5.76. The number of aliphatic hydroxyl groups excluding tert-OH is 1. The molecule has 0 radical (unpaired) electrons. The highest BCUT2D eigenvalue weighted by Crippen LogP contribution is 2.32. The largest absolute Gasteiger partial charge is 0.493 e. The van der Waals surface area contributed by atoms with Gasteiger partial charge in [-0.15, -0.1) is 10.2 Å². The number of pyridine rings is 1. The summed E-state index contributed by atoms with van der Waals surface area (Å²) in [6.07, 6.45) is 3.20. The lowest BCUT2D eigenvalue weighted by molar-refractivity contribution is -0.123. The first-order chi connectivity index (χ1) is 16.9. The highest BCUT2D eigenvalue weighted by atomic mass is 16.5. The lowest BCUT2D eigenvalue weighted by Gasteiger charge is -2.21. The van der Waals surface area contributed by atoms with Gasteiger partial charge >= 0.3 is 0 Å². The molecule has 0 atom stereocenters. The Morgan fingerprint density at radius 2 is 1.74 bits per heavy atom. The summed E-state index contributed by atoms with van der Waals surface area (Å²) in [5.41, 5.74) is 4.70. The van der Waals surface area contributed by atoms with Crippen molar-refractivity contribution in [3.05, 3.63) is 41.1 Å². The zero-order valence-corrected chi connectivity index (χ0v) is 21.2. The molecule has 2 heterocycles. The van der Waals surface area contributed by atoms with Crippen molar-refractivity contribution in [2.45, 2.75) is 47.5 Å². The molecule has 0 aliphatic rings. The van der Waals surface area contributed by atoms with Crippen LogP contribution in [0.2, 0.25) is 0 Å². The number of carbonyl (C=O) groups is 1. The molecule has 188 valence electrons. The normalized spacial score (nSPS) is 10.9. The summed E-state index contributed by atoms with van der Waals surface area (Å²) < 4.78 is 12.0. The van der Waals surface area contributed by atoms with Crippen LogP contribution in [0.5, 0.6) is 5.75 Å². The minimum atomic E-state index is -0.503. The van der Waals surface area contributed by atoms with Gasteiger partial charge in [0.25, 0.3) is 0 Å². The molecule has 0 unspecified atom stereocenters. The van der Waals surface area contributed by atoms with Crippen molar-refractivity contribution in [2.75, 3.05) is 37.7 Å². The lowest BCUT2D eigenvalue weighted by Crippen LogP contribution is -2.28. The molecular weight excluding hydrogens is 446 g/mol. The number of benzene rings is 1. The summed E-state index contributed by atoms with van der Waals surface area (Å²) in [6, 6.07) is 6.02. The Morgan fingerprint density at radius 3 is 2.37 bits per heavy atom. The molecule has 2 aromatic heterocycles. The number of ether oxygens (including phenoxy) is 1. The van der Waals surface area contributed by atoms with Gasteiger partial charge in [0.2, 0.25) is 17.7 Å². The van der Waals surface area contributed by atoms with E-state index in [1.165, 1.54) is 0 Å². The van der Waals surface area contributed by atoms with Gasteiger partial charge in [0.1, 0.15) is 18.2 Å². The Kier molecular flexibility index (Phi) is 9.19. The molecule has 0 spiro atoms. The van der Waals surface area contributed by atoms with Gasteiger partial charge in [-0.25, -0.2) is 4.98 Å². The molecule has 9 heteroatoms. The number of rotatable bonds is 12. The molecule has 0 fully saturated rings. The lowest BCUT2D eigenvalue weighted by atomic mass is 10.0. The van der Waals surface area contributed by atoms with E-state index < -0.39 is 6.61 Å². The van der Waals surface area contributed by atoms with Crippen molar-refractivity contribution >= 4 is 11.7 Å². The van der Waals surface area contributed by atoms with Crippen LogP contribution in [0.25, 0.3) is 22.9 Å². The van der Waals surface area contributed by atoms with E-state index in [0.29, 0.717) is 31.4 Å². The summed E-state index contributed by atoms with van der Waals surface area (Å²) in [6.45, 7) is 12.5. The quantitative estimate of drug-likeness (QED) is 0.377. The van der Waals surface area contributed by atoms with Crippen molar-refractivity contribution in [2.24, 2.45) is 0 Å². The fourth-order valence-electron chi connectivity index (χ4n) is 3.96. The van der Waals surface area contributed by atoms with Crippen LogP contribution >= 0.6 is 0 Å². The van der Waals surface area contributed by atoms with E-state index in [-0.39, 0.29) is 5.91 Å². The second-order valence-electron chi connectivity index (χ2n) is 8.29. The summed E-state index contributed by atoms with van der Waals surface area (Å²) in [4.78, 5) is 18.0. The number of nitrogens with zero attached hydrogens (tertiary/aromatic N) is 4. The molecular formula is C26H35N5O4. The number of aliphatic hydroxyl groups is 1. The zero-order chi connectivity index (χ0) is 25.4. The van der Waals surface area contributed by atoms with E-state index in [9.17, 15) is 4.79 Å². The summed E-state index contributed by atoms with van der Waals surface area (Å²) in [5, 5.41) is 19.9. The monoisotopic (exact) mass is 481 g/mol. The maximum Gasteiger partial charge on any atom is 0.249 e. The van der Waals surface area contributed by atoms with Gasteiger partial charge in [0.05, 0.1) is 12.2 Å². The van der Waals surface area contributed by atoms with Crippen LogP contribution in [-0.2, 0) is 11.2 Å².